The first-order valence-corrected chi connectivity index (χ1v) is 6.35. The van der Waals surface area contributed by atoms with E-state index in [4.69, 9.17) is 5.73 Å². The Morgan fingerprint density at radius 2 is 1.95 bits per heavy atom. The van der Waals surface area contributed by atoms with Crippen LogP contribution in [0.1, 0.15) is 10.5 Å². The number of hydrogen-bond acceptors (Lipinski definition) is 4. The number of anilines is 2. The maximum Gasteiger partial charge on any atom is 0.277 e. The zero-order valence-corrected chi connectivity index (χ0v) is 11.4. The summed E-state index contributed by atoms with van der Waals surface area (Å²) in [5.74, 6) is 0.165. The van der Waals surface area contributed by atoms with Gasteiger partial charge < -0.3 is 11.1 Å². The number of nitrogens with zero attached hydrogens (tertiary/aromatic N) is 4. The lowest BCUT2D eigenvalue weighted by atomic mass is 10.3. The van der Waals surface area contributed by atoms with Crippen LogP contribution in [0.5, 0.6) is 0 Å². The van der Waals surface area contributed by atoms with Crippen molar-refractivity contribution in [2.45, 2.75) is 0 Å². The van der Waals surface area contributed by atoms with Crippen molar-refractivity contribution in [1.29, 1.82) is 0 Å². The average molecular weight is 282 g/mol. The van der Waals surface area contributed by atoms with Crippen molar-refractivity contribution in [2.75, 3.05) is 11.1 Å². The number of aryl methyl sites for hydroxylation is 1. The Labute approximate surface area is 121 Å². The molecular weight excluding hydrogens is 268 g/mol. The highest BCUT2D eigenvalue weighted by Gasteiger charge is 2.12. The predicted molar refractivity (Wildman–Crippen MR) is 79.1 cm³/mol. The van der Waals surface area contributed by atoms with E-state index in [1.54, 1.807) is 47.0 Å². The van der Waals surface area contributed by atoms with Gasteiger partial charge in [0.15, 0.2) is 11.5 Å². The zero-order chi connectivity index (χ0) is 14.8. The number of carbonyl (C=O) groups is 1. The van der Waals surface area contributed by atoms with Gasteiger partial charge in [-0.2, -0.15) is 10.2 Å². The SMILES string of the molecule is Cn1ccc(NC(=O)c2ccn(-c3ccccc3N)n2)n1. The number of nitrogens with two attached hydrogens (primary N) is 1. The molecule has 0 aliphatic rings. The van der Waals surface area contributed by atoms with Crippen molar-refractivity contribution in [2.24, 2.45) is 7.05 Å². The van der Waals surface area contributed by atoms with E-state index in [1.165, 1.54) is 0 Å². The fourth-order valence-corrected chi connectivity index (χ4v) is 1.94. The molecule has 0 atom stereocenters. The zero-order valence-electron chi connectivity index (χ0n) is 11.4. The van der Waals surface area contributed by atoms with Gasteiger partial charge in [0, 0.05) is 25.5 Å². The van der Waals surface area contributed by atoms with Gasteiger partial charge in [-0.1, -0.05) is 12.1 Å². The van der Waals surface area contributed by atoms with Crippen LogP contribution in [0.3, 0.4) is 0 Å². The summed E-state index contributed by atoms with van der Waals surface area (Å²) in [5.41, 5.74) is 7.51. The maximum atomic E-state index is 12.1. The van der Waals surface area contributed by atoms with E-state index in [9.17, 15) is 4.79 Å². The number of nitrogen functional groups attached to an aromatic ring is 1. The van der Waals surface area contributed by atoms with Crippen LogP contribution in [-0.4, -0.2) is 25.5 Å². The van der Waals surface area contributed by atoms with Crippen LogP contribution < -0.4 is 11.1 Å². The summed E-state index contributed by atoms with van der Waals surface area (Å²) in [7, 11) is 1.78. The topological polar surface area (TPSA) is 90.8 Å². The third-order valence-electron chi connectivity index (χ3n) is 2.96. The van der Waals surface area contributed by atoms with E-state index in [0.29, 0.717) is 17.2 Å². The monoisotopic (exact) mass is 282 g/mol. The second kappa shape index (κ2) is 5.12. The molecule has 3 rings (SSSR count). The number of para-hydroxylation sites is 2. The Kier molecular flexibility index (Phi) is 3.15. The Bertz CT molecular complexity index is 788. The summed E-state index contributed by atoms with van der Waals surface area (Å²) in [5, 5.41) is 11.0. The fourth-order valence-electron chi connectivity index (χ4n) is 1.94. The molecular formula is C14H14N6O. The number of amides is 1. The molecule has 1 aromatic carbocycles. The first-order chi connectivity index (χ1) is 10.1. The van der Waals surface area contributed by atoms with Crippen LogP contribution in [0.25, 0.3) is 5.69 Å². The molecule has 0 aliphatic carbocycles. The van der Waals surface area contributed by atoms with Gasteiger partial charge in [-0.25, -0.2) is 4.68 Å². The van der Waals surface area contributed by atoms with Crippen LogP contribution in [0.15, 0.2) is 48.8 Å². The quantitative estimate of drug-likeness (QED) is 0.711. The Balaban J connectivity index is 1.82. The minimum atomic E-state index is -0.318. The summed E-state index contributed by atoms with van der Waals surface area (Å²) < 4.78 is 3.18. The molecule has 0 saturated heterocycles. The number of rotatable bonds is 3. The standard InChI is InChI=1S/C14H14N6O/c1-19-8-7-13(18-19)16-14(21)11-6-9-20(17-11)12-5-3-2-4-10(12)15/h2-9H,15H2,1H3,(H,16,18,21). The van der Waals surface area contributed by atoms with Gasteiger partial charge in [0.2, 0.25) is 0 Å². The molecule has 0 aliphatic heterocycles. The largest absolute Gasteiger partial charge is 0.397 e. The highest BCUT2D eigenvalue weighted by Crippen LogP contribution is 2.16. The number of hydrogen-bond donors (Lipinski definition) is 2. The van der Waals surface area contributed by atoms with E-state index in [1.807, 2.05) is 18.2 Å². The van der Waals surface area contributed by atoms with Gasteiger partial charge in [0.05, 0.1) is 11.4 Å². The first-order valence-electron chi connectivity index (χ1n) is 6.35. The van der Waals surface area contributed by atoms with E-state index >= 15 is 0 Å². The first kappa shape index (κ1) is 12.9. The second-order valence-electron chi connectivity index (χ2n) is 4.53. The second-order valence-corrected chi connectivity index (χ2v) is 4.53. The number of benzene rings is 1. The van der Waals surface area contributed by atoms with Gasteiger partial charge in [0.25, 0.3) is 5.91 Å². The summed E-state index contributed by atoms with van der Waals surface area (Å²) in [4.78, 5) is 12.1. The van der Waals surface area contributed by atoms with Crippen molar-refractivity contribution in [3.8, 4) is 5.69 Å². The molecule has 3 N–H and O–H groups in total. The van der Waals surface area contributed by atoms with Crippen LogP contribution >= 0.6 is 0 Å². The van der Waals surface area contributed by atoms with Gasteiger partial charge in [-0.3, -0.25) is 9.48 Å². The molecule has 0 bridgehead atoms. The molecule has 0 fully saturated rings. The van der Waals surface area contributed by atoms with E-state index < -0.39 is 0 Å². The fraction of sp³-hybridized carbons (Fsp3) is 0.0714. The molecule has 21 heavy (non-hydrogen) atoms. The summed E-state index contributed by atoms with van der Waals surface area (Å²) in [6.07, 6.45) is 3.44. The van der Waals surface area contributed by atoms with Crippen LogP contribution in [0, 0.1) is 0 Å². The molecule has 2 aromatic heterocycles. The number of aromatic nitrogens is 4. The van der Waals surface area contributed by atoms with Crippen LogP contribution in [0.2, 0.25) is 0 Å². The van der Waals surface area contributed by atoms with E-state index in [-0.39, 0.29) is 5.91 Å². The lowest BCUT2D eigenvalue weighted by Gasteiger charge is -2.04. The lowest BCUT2D eigenvalue weighted by molar-refractivity contribution is 0.102. The summed E-state index contributed by atoms with van der Waals surface area (Å²) in [6, 6.07) is 10.7. The Hall–Kier alpha value is -3.09. The predicted octanol–water partition coefficient (Wildman–Crippen LogP) is 1.44. The lowest BCUT2D eigenvalue weighted by Crippen LogP contribution is -2.14. The Morgan fingerprint density at radius 3 is 2.67 bits per heavy atom. The third kappa shape index (κ3) is 2.62. The highest BCUT2D eigenvalue weighted by atomic mass is 16.2. The third-order valence-corrected chi connectivity index (χ3v) is 2.96. The molecule has 0 spiro atoms. The summed E-state index contributed by atoms with van der Waals surface area (Å²) in [6.45, 7) is 0. The average Bonchev–Trinajstić information content (AvgIpc) is 3.09. The van der Waals surface area contributed by atoms with Crippen LogP contribution in [0.4, 0.5) is 11.5 Å². The smallest absolute Gasteiger partial charge is 0.277 e. The molecule has 3 aromatic rings. The maximum absolute atomic E-state index is 12.1. The molecule has 2 heterocycles. The molecule has 106 valence electrons. The molecule has 1 amide bonds. The minimum Gasteiger partial charge on any atom is -0.397 e. The summed E-state index contributed by atoms with van der Waals surface area (Å²) >= 11 is 0. The van der Waals surface area contributed by atoms with Crippen molar-refractivity contribution in [1.82, 2.24) is 19.6 Å². The molecule has 7 heteroatoms. The number of carbonyl (C=O) groups excluding carboxylic acids is 1. The van der Waals surface area contributed by atoms with E-state index in [0.717, 1.165) is 5.69 Å². The van der Waals surface area contributed by atoms with Gasteiger partial charge in [0.1, 0.15) is 0 Å². The van der Waals surface area contributed by atoms with E-state index in [2.05, 4.69) is 15.5 Å². The molecule has 7 nitrogen and oxygen atoms in total. The van der Waals surface area contributed by atoms with Gasteiger partial charge >= 0.3 is 0 Å². The normalized spacial score (nSPS) is 10.5. The Morgan fingerprint density at radius 1 is 1.14 bits per heavy atom. The molecule has 0 saturated carbocycles. The van der Waals surface area contributed by atoms with Crippen molar-refractivity contribution in [3.05, 3.63) is 54.5 Å². The van der Waals surface area contributed by atoms with Crippen molar-refractivity contribution < 1.29 is 4.79 Å². The van der Waals surface area contributed by atoms with Gasteiger partial charge in [-0.15, -0.1) is 0 Å². The molecule has 0 radical (unpaired) electrons. The molecule has 0 unspecified atom stereocenters. The highest BCUT2D eigenvalue weighted by molar-refractivity contribution is 6.02. The van der Waals surface area contributed by atoms with Crippen molar-refractivity contribution in [3.63, 3.8) is 0 Å². The van der Waals surface area contributed by atoms with Crippen LogP contribution in [-0.2, 0) is 7.05 Å². The van der Waals surface area contributed by atoms with Gasteiger partial charge in [-0.05, 0) is 18.2 Å². The minimum absolute atomic E-state index is 0.295. The number of nitrogens with one attached hydrogen (secondary N) is 1. The van der Waals surface area contributed by atoms with Crippen molar-refractivity contribution >= 4 is 17.4 Å².